The molecule has 30 heavy (non-hydrogen) atoms. The second-order valence-corrected chi connectivity index (χ2v) is 6.84. The van der Waals surface area contributed by atoms with Crippen LogP contribution in [0.15, 0.2) is 49.1 Å². The standard InChI is InChI=1S/C20H18F3N5O2/c21-20(22,23)30-16-3-1-2-13(6-16)10-28-11-18(26-12-28)27-19(29)15-7-14-4-5-24-9-17(14)25-8-15/h1-3,6-8,11-12,24H,4-5,9-10H2,(H,27,29). The summed E-state index contributed by atoms with van der Waals surface area (Å²) in [5, 5.41) is 5.94. The van der Waals surface area contributed by atoms with Crippen LogP contribution in [-0.4, -0.2) is 33.3 Å². The molecule has 0 atom stereocenters. The maximum atomic E-state index is 12.5. The first-order chi connectivity index (χ1) is 14.4. The van der Waals surface area contributed by atoms with E-state index in [1.807, 2.05) is 6.07 Å². The third-order valence-corrected chi connectivity index (χ3v) is 4.56. The smallest absolute Gasteiger partial charge is 0.406 e. The van der Waals surface area contributed by atoms with E-state index in [9.17, 15) is 18.0 Å². The summed E-state index contributed by atoms with van der Waals surface area (Å²) in [6.45, 7) is 1.81. The number of fused-ring (bicyclic) bond motifs is 1. The fourth-order valence-electron chi connectivity index (χ4n) is 3.22. The number of amides is 1. The molecule has 2 aromatic heterocycles. The molecule has 0 radical (unpaired) electrons. The maximum absolute atomic E-state index is 12.5. The van der Waals surface area contributed by atoms with E-state index < -0.39 is 6.36 Å². The minimum Gasteiger partial charge on any atom is -0.406 e. The first-order valence-corrected chi connectivity index (χ1v) is 9.22. The number of carbonyl (C=O) groups is 1. The number of hydrogen-bond donors (Lipinski definition) is 2. The third kappa shape index (κ3) is 4.95. The van der Waals surface area contributed by atoms with Gasteiger partial charge >= 0.3 is 6.36 Å². The molecule has 3 aromatic rings. The van der Waals surface area contributed by atoms with Crippen LogP contribution in [0.3, 0.4) is 0 Å². The highest BCUT2D eigenvalue weighted by Crippen LogP contribution is 2.23. The minimum atomic E-state index is -4.74. The molecular formula is C20H18F3N5O2. The summed E-state index contributed by atoms with van der Waals surface area (Å²) < 4.78 is 42.7. The number of alkyl halides is 3. The van der Waals surface area contributed by atoms with E-state index in [0.29, 0.717) is 23.5 Å². The second-order valence-electron chi connectivity index (χ2n) is 6.84. The predicted molar refractivity (Wildman–Crippen MR) is 102 cm³/mol. The van der Waals surface area contributed by atoms with Crippen LogP contribution >= 0.6 is 0 Å². The van der Waals surface area contributed by atoms with Gasteiger partial charge in [-0.25, -0.2) is 4.98 Å². The molecule has 0 unspecified atom stereocenters. The number of imidazole rings is 1. The molecule has 0 spiro atoms. The Hall–Kier alpha value is -3.40. The van der Waals surface area contributed by atoms with E-state index in [1.54, 1.807) is 16.8 Å². The van der Waals surface area contributed by atoms with E-state index in [0.717, 1.165) is 24.2 Å². The molecule has 7 nitrogen and oxygen atoms in total. The van der Waals surface area contributed by atoms with Crippen molar-refractivity contribution in [3.05, 3.63) is 71.4 Å². The Morgan fingerprint density at radius 1 is 1.27 bits per heavy atom. The first-order valence-electron chi connectivity index (χ1n) is 9.22. The number of carbonyl (C=O) groups excluding carboxylic acids is 1. The van der Waals surface area contributed by atoms with Gasteiger partial charge in [-0.05, 0) is 42.3 Å². The molecule has 3 heterocycles. The molecule has 0 saturated heterocycles. The number of benzene rings is 1. The van der Waals surface area contributed by atoms with Crippen molar-refractivity contribution < 1.29 is 22.7 Å². The third-order valence-electron chi connectivity index (χ3n) is 4.56. The molecule has 0 bridgehead atoms. The molecule has 1 aliphatic heterocycles. The van der Waals surface area contributed by atoms with E-state index in [1.165, 1.54) is 30.7 Å². The molecule has 0 aliphatic carbocycles. The van der Waals surface area contributed by atoms with Crippen molar-refractivity contribution in [2.24, 2.45) is 0 Å². The Balaban J connectivity index is 1.41. The van der Waals surface area contributed by atoms with Crippen molar-refractivity contribution in [2.75, 3.05) is 11.9 Å². The van der Waals surface area contributed by atoms with E-state index in [4.69, 9.17) is 0 Å². The number of ether oxygens (including phenoxy) is 1. The molecule has 156 valence electrons. The van der Waals surface area contributed by atoms with E-state index in [-0.39, 0.29) is 18.2 Å². The van der Waals surface area contributed by atoms with Crippen molar-refractivity contribution >= 4 is 11.7 Å². The van der Waals surface area contributed by atoms with Gasteiger partial charge in [0.2, 0.25) is 0 Å². The lowest BCUT2D eigenvalue weighted by molar-refractivity contribution is -0.274. The van der Waals surface area contributed by atoms with Crippen molar-refractivity contribution in [1.29, 1.82) is 0 Å². The van der Waals surface area contributed by atoms with Crippen LogP contribution in [0.5, 0.6) is 5.75 Å². The van der Waals surface area contributed by atoms with Crippen LogP contribution < -0.4 is 15.4 Å². The second kappa shape index (κ2) is 8.15. The number of hydrogen-bond acceptors (Lipinski definition) is 5. The molecule has 1 aliphatic rings. The summed E-state index contributed by atoms with van der Waals surface area (Å²) in [5.74, 6) is -0.277. The van der Waals surface area contributed by atoms with Crippen LogP contribution in [-0.2, 0) is 19.5 Å². The number of nitrogens with one attached hydrogen (secondary N) is 2. The molecule has 4 rings (SSSR count). The zero-order chi connectivity index (χ0) is 21.1. The van der Waals surface area contributed by atoms with Gasteiger partial charge in [0.05, 0.1) is 17.6 Å². The van der Waals surface area contributed by atoms with Gasteiger partial charge in [0, 0.05) is 25.5 Å². The Bertz CT molecular complexity index is 1060. The summed E-state index contributed by atoms with van der Waals surface area (Å²) in [6.07, 6.45) is 0.696. The molecule has 0 saturated carbocycles. The van der Waals surface area contributed by atoms with Gasteiger partial charge < -0.3 is 19.9 Å². The van der Waals surface area contributed by atoms with Gasteiger partial charge in [-0.3, -0.25) is 9.78 Å². The molecule has 2 N–H and O–H groups in total. The van der Waals surface area contributed by atoms with Crippen molar-refractivity contribution in [1.82, 2.24) is 19.9 Å². The van der Waals surface area contributed by atoms with Gasteiger partial charge in [0.1, 0.15) is 5.75 Å². The van der Waals surface area contributed by atoms with Crippen molar-refractivity contribution in [3.8, 4) is 5.75 Å². The quantitative estimate of drug-likeness (QED) is 0.667. The molecule has 1 aromatic carbocycles. The zero-order valence-electron chi connectivity index (χ0n) is 15.7. The van der Waals surface area contributed by atoms with Crippen LogP contribution in [0.2, 0.25) is 0 Å². The Kier molecular flexibility index (Phi) is 5.40. The van der Waals surface area contributed by atoms with Crippen molar-refractivity contribution in [2.45, 2.75) is 25.9 Å². The Morgan fingerprint density at radius 2 is 2.13 bits per heavy atom. The van der Waals surface area contributed by atoms with Gasteiger partial charge in [-0.15, -0.1) is 13.2 Å². The maximum Gasteiger partial charge on any atom is 0.573 e. The molecule has 1 amide bonds. The monoisotopic (exact) mass is 417 g/mol. The number of aromatic nitrogens is 3. The lowest BCUT2D eigenvalue weighted by Gasteiger charge is -2.16. The fraction of sp³-hybridized carbons (Fsp3) is 0.250. The lowest BCUT2D eigenvalue weighted by atomic mass is 10.0. The van der Waals surface area contributed by atoms with E-state index >= 15 is 0 Å². The number of pyridine rings is 1. The summed E-state index contributed by atoms with van der Waals surface area (Å²) in [5.41, 5.74) is 3.04. The summed E-state index contributed by atoms with van der Waals surface area (Å²) >= 11 is 0. The van der Waals surface area contributed by atoms with Crippen LogP contribution in [0.25, 0.3) is 0 Å². The van der Waals surface area contributed by atoms with Gasteiger partial charge in [-0.2, -0.15) is 0 Å². The summed E-state index contributed by atoms with van der Waals surface area (Å²) in [7, 11) is 0. The highest BCUT2D eigenvalue weighted by molar-refractivity contribution is 6.03. The predicted octanol–water partition coefficient (Wildman–Crippen LogP) is 3.12. The molecule has 10 heteroatoms. The lowest BCUT2D eigenvalue weighted by Crippen LogP contribution is -2.25. The molecular weight excluding hydrogens is 399 g/mol. The summed E-state index contributed by atoms with van der Waals surface area (Å²) in [4.78, 5) is 21.0. The fourth-order valence-corrected chi connectivity index (χ4v) is 3.22. The Labute approximate surface area is 169 Å². The Morgan fingerprint density at radius 3 is 2.97 bits per heavy atom. The number of nitrogens with zero attached hydrogens (tertiary/aromatic N) is 3. The van der Waals surface area contributed by atoms with Crippen molar-refractivity contribution in [3.63, 3.8) is 0 Å². The average Bonchev–Trinajstić information content (AvgIpc) is 3.13. The normalized spacial score (nSPS) is 13.6. The van der Waals surface area contributed by atoms with Crippen LogP contribution in [0, 0.1) is 0 Å². The number of halogens is 3. The minimum absolute atomic E-state index is 0.269. The molecule has 0 fully saturated rings. The van der Waals surface area contributed by atoms with Crippen LogP contribution in [0.4, 0.5) is 19.0 Å². The zero-order valence-corrected chi connectivity index (χ0v) is 15.7. The topological polar surface area (TPSA) is 81.1 Å². The largest absolute Gasteiger partial charge is 0.573 e. The average molecular weight is 417 g/mol. The number of rotatable bonds is 5. The summed E-state index contributed by atoms with van der Waals surface area (Å²) in [6, 6.07) is 7.53. The number of anilines is 1. The highest BCUT2D eigenvalue weighted by atomic mass is 19.4. The van der Waals surface area contributed by atoms with Gasteiger partial charge in [-0.1, -0.05) is 12.1 Å². The van der Waals surface area contributed by atoms with E-state index in [2.05, 4.69) is 25.3 Å². The first kappa shape index (κ1) is 19.9. The SMILES string of the molecule is O=C(Nc1cn(Cc2cccc(OC(F)(F)F)c2)cn1)c1cnc2c(c1)CCNC2. The highest BCUT2D eigenvalue weighted by Gasteiger charge is 2.31. The van der Waals surface area contributed by atoms with Gasteiger partial charge in [0.25, 0.3) is 5.91 Å². The van der Waals surface area contributed by atoms with Gasteiger partial charge in [0.15, 0.2) is 5.82 Å². The van der Waals surface area contributed by atoms with Crippen LogP contribution in [0.1, 0.15) is 27.2 Å².